The molecule has 1 N–H and O–H groups in total. The Balaban J connectivity index is 1.90. The predicted molar refractivity (Wildman–Crippen MR) is 68.2 cm³/mol. The second-order valence-corrected chi connectivity index (χ2v) is 5.98. The fourth-order valence-corrected chi connectivity index (χ4v) is 3.47. The first-order chi connectivity index (χ1) is 8.51. The summed E-state index contributed by atoms with van der Waals surface area (Å²) in [5.41, 5.74) is 0.603. The van der Waals surface area contributed by atoms with Crippen LogP contribution in [0, 0.1) is 11.8 Å². The molecule has 5 nitrogen and oxygen atoms in total. The van der Waals surface area contributed by atoms with E-state index >= 15 is 0 Å². The number of fused-ring (bicyclic) bond motifs is 1. The zero-order valence-electron chi connectivity index (χ0n) is 11.2. The van der Waals surface area contributed by atoms with E-state index in [0.717, 1.165) is 19.6 Å². The summed E-state index contributed by atoms with van der Waals surface area (Å²) in [4.78, 5) is 18.7. The van der Waals surface area contributed by atoms with Crippen LogP contribution in [0.4, 0.5) is 0 Å². The van der Waals surface area contributed by atoms with Crippen LogP contribution in [0.5, 0.6) is 0 Å². The maximum absolute atomic E-state index is 12.6. The molecule has 1 aromatic heterocycles. The molecule has 0 aliphatic carbocycles. The van der Waals surface area contributed by atoms with Crippen LogP contribution in [0.1, 0.15) is 24.3 Å². The molecule has 0 spiro atoms. The van der Waals surface area contributed by atoms with E-state index in [1.807, 2.05) is 11.9 Å². The van der Waals surface area contributed by atoms with E-state index in [2.05, 4.69) is 24.1 Å². The Morgan fingerprint density at radius 3 is 2.89 bits per heavy atom. The molecule has 2 unspecified atom stereocenters. The van der Waals surface area contributed by atoms with E-state index in [4.69, 9.17) is 0 Å². The fraction of sp³-hybridized carbons (Fsp3) is 0.692. The third-order valence-corrected chi connectivity index (χ3v) is 4.64. The molecule has 18 heavy (non-hydrogen) atoms. The maximum atomic E-state index is 12.6. The highest BCUT2D eigenvalue weighted by atomic mass is 16.2. The molecule has 98 valence electrons. The van der Waals surface area contributed by atoms with Gasteiger partial charge in [-0.3, -0.25) is 4.79 Å². The van der Waals surface area contributed by atoms with Crippen molar-refractivity contribution < 1.29 is 4.79 Å². The van der Waals surface area contributed by atoms with Crippen molar-refractivity contribution in [2.24, 2.45) is 18.9 Å². The summed E-state index contributed by atoms with van der Waals surface area (Å²) in [5, 5.41) is 3.43. The third kappa shape index (κ3) is 1.50. The fourth-order valence-electron chi connectivity index (χ4n) is 3.47. The van der Waals surface area contributed by atoms with Gasteiger partial charge in [-0.1, -0.05) is 0 Å². The average molecular weight is 248 g/mol. The van der Waals surface area contributed by atoms with Crippen LogP contribution in [0.25, 0.3) is 0 Å². The van der Waals surface area contributed by atoms with Crippen LogP contribution in [0.15, 0.2) is 12.5 Å². The van der Waals surface area contributed by atoms with E-state index in [-0.39, 0.29) is 11.4 Å². The number of carbonyl (C=O) groups is 1. The van der Waals surface area contributed by atoms with Crippen LogP contribution in [0.2, 0.25) is 0 Å². The van der Waals surface area contributed by atoms with Crippen LogP contribution >= 0.6 is 0 Å². The van der Waals surface area contributed by atoms with Gasteiger partial charge in [0.15, 0.2) is 0 Å². The standard InChI is InChI=1S/C13H20N4O/c1-13(2)10-5-14-4-9(10)7-17(13)12(18)11-6-15-8-16(11)3/h6,8-10,14H,4-5,7H2,1-3H3. The van der Waals surface area contributed by atoms with E-state index in [0.29, 0.717) is 17.5 Å². The molecule has 2 aliphatic heterocycles. The summed E-state index contributed by atoms with van der Waals surface area (Å²) in [7, 11) is 1.87. The molecule has 2 saturated heterocycles. The van der Waals surface area contributed by atoms with Gasteiger partial charge in [0.1, 0.15) is 5.69 Å². The van der Waals surface area contributed by atoms with Gasteiger partial charge in [0.2, 0.25) is 0 Å². The van der Waals surface area contributed by atoms with Crippen molar-refractivity contribution in [2.45, 2.75) is 19.4 Å². The first kappa shape index (κ1) is 11.7. The zero-order chi connectivity index (χ0) is 12.9. The van der Waals surface area contributed by atoms with Crippen LogP contribution in [-0.2, 0) is 7.05 Å². The predicted octanol–water partition coefficient (Wildman–Crippen LogP) is 0.490. The Labute approximate surface area is 107 Å². The number of rotatable bonds is 1. The van der Waals surface area contributed by atoms with Gasteiger partial charge < -0.3 is 14.8 Å². The summed E-state index contributed by atoms with van der Waals surface area (Å²) in [6, 6.07) is 0. The van der Waals surface area contributed by atoms with Gasteiger partial charge in [-0.15, -0.1) is 0 Å². The molecule has 0 saturated carbocycles. The van der Waals surface area contributed by atoms with Gasteiger partial charge >= 0.3 is 0 Å². The number of amides is 1. The minimum absolute atomic E-state index is 0.0739. The molecule has 1 amide bonds. The normalized spacial score (nSPS) is 29.6. The summed E-state index contributed by atoms with van der Waals surface area (Å²) < 4.78 is 1.80. The Morgan fingerprint density at radius 2 is 2.28 bits per heavy atom. The summed E-state index contributed by atoms with van der Waals surface area (Å²) >= 11 is 0. The number of likely N-dealkylation sites (tertiary alicyclic amines) is 1. The summed E-state index contributed by atoms with van der Waals surface area (Å²) in [6.45, 7) is 7.27. The van der Waals surface area contributed by atoms with Crippen LogP contribution in [-0.4, -0.2) is 45.5 Å². The van der Waals surface area contributed by atoms with Crippen molar-refractivity contribution >= 4 is 5.91 Å². The second kappa shape index (κ2) is 3.82. The summed E-state index contributed by atoms with van der Waals surface area (Å²) in [5.74, 6) is 1.27. The number of hydrogen-bond donors (Lipinski definition) is 1. The van der Waals surface area contributed by atoms with Gasteiger partial charge in [0, 0.05) is 32.2 Å². The molecular formula is C13H20N4O. The Kier molecular flexibility index (Phi) is 2.48. The Bertz CT molecular complexity index is 479. The molecule has 1 aromatic rings. The molecule has 0 radical (unpaired) electrons. The molecule has 0 bridgehead atoms. The topological polar surface area (TPSA) is 50.2 Å². The molecule has 3 rings (SSSR count). The average Bonchev–Trinajstić information content (AvgIpc) is 2.96. The molecule has 5 heteroatoms. The first-order valence-corrected chi connectivity index (χ1v) is 6.51. The smallest absolute Gasteiger partial charge is 0.272 e. The highest BCUT2D eigenvalue weighted by Crippen LogP contribution is 2.41. The maximum Gasteiger partial charge on any atom is 0.272 e. The lowest BCUT2D eigenvalue weighted by Gasteiger charge is -2.35. The van der Waals surface area contributed by atoms with Crippen molar-refractivity contribution in [2.75, 3.05) is 19.6 Å². The van der Waals surface area contributed by atoms with Crippen molar-refractivity contribution in [3.63, 3.8) is 0 Å². The van der Waals surface area contributed by atoms with Gasteiger partial charge in [-0.25, -0.2) is 4.98 Å². The first-order valence-electron chi connectivity index (χ1n) is 6.51. The minimum Gasteiger partial charge on any atom is -0.332 e. The molecule has 0 aromatic carbocycles. The van der Waals surface area contributed by atoms with E-state index in [1.54, 1.807) is 17.1 Å². The van der Waals surface area contributed by atoms with Gasteiger partial charge in [0.05, 0.1) is 12.5 Å². The van der Waals surface area contributed by atoms with Gasteiger partial charge in [-0.2, -0.15) is 0 Å². The van der Waals surface area contributed by atoms with Crippen molar-refractivity contribution in [3.05, 3.63) is 18.2 Å². The summed E-state index contributed by atoms with van der Waals surface area (Å²) in [6.07, 6.45) is 3.34. The van der Waals surface area contributed by atoms with Crippen LogP contribution < -0.4 is 5.32 Å². The van der Waals surface area contributed by atoms with Gasteiger partial charge in [-0.05, 0) is 25.7 Å². The quantitative estimate of drug-likeness (QED) is 0.787. The highest BCUT2D eigenvalue weighted by Gasteiger charge is 2.51. The molecule has 2 aliphatic rings. The minimum atomic E-state index is -0.0739. The number of carbonyl (C=O) groups excluding carboxylic acids is 1. The molecular weight excluding hydrogens is 228 g/mol. The number of nitrogens with zero attached hydrogens (tertiary/aromatic N) is 3. The number of aryl methyl sites for hydroxylation is 1. The molecule has 2 fully saturated rings. The monoisotopic (exact) mass is 248 g/mol. The third-order valence-electron chi connectivity index (χ3n) is 4.64. The number of hydrogen-bond acceptors (Lipinski definition) is 3. The number of aromatic nitrogens is 2. The van der Waals surface area contributed by atoms with Crippen molar-refractivity contribution in [3.8, 4) is 0 Å². The Morgan fingerprint density at radius 1 is 1.50 bits per heavy atom. The zero-order valence-corrected chi connectivity index (χ0v) is 11.2. The van der Waals surface area contributed by atoms with Crippen molar-refractivity contribution in [1.29, 1.82) is 0 Å². The van der Waals surface area contributed by atoms with Gasteiger partial charge in [0.25, 0.3) is 5.91 Å². The lowest BCUT2D eigenvalue weighted by atomic mass is 9.85. The Hall–Kier alpha value is -1.36. The molecule has 3 heterocycles. The van der Waals surface area contributed by atoms with E-state index in [1.165, 1.54) is 0 Å². The van der Waals surface area contributed by atoms with E-state index in [9.17, 15) is 4.79 Å². The number of nitrogens with one attached hydrogen (secondary N) is 1. The number of imidazole rings is 1. The lowest BCUT2D eigenvalue weighted by molar-refractivity contribution is 0.0593. The largest absolute Gasteiger partial charge is 0.332 e. The SMILES string of the molecule is Cn1cncc1C(=O)N1CC2CNCC2C1(C)C. The second-order valence-electron chi connectivity index (χ2n) is 5.98. The van der Waals surface area contributed by atoms with Crippen LogP contribution in [0.3, 0.4) is 0 Å². The van der Waals surface area contributed by atoms with Crippen molar-refractivity contribution in [1.82, 2.24) is 19.8 Å². The lowest BCUT2D eigenvalue weighted by Crippen LogP contribution is -2.48. The molecule has 2 atom stereocenters. The van der Waals surface area contributed by atoms with E-state index < -0.39 is 0 Å². The highest BCUT2D eigenvalue weighted by molar-refractivity contribution is 5.93.